The molecule has 0 fully saturated rings. The van der Waals surface area contributed by atoms with Crippen LogP contribution in [0, 0.1) is 0 Å². The molecule has 6 nitrogen and oxygen atoms in total. The summed E-state index contributed by atoms with van der Waals surface area (Å²) in [5, 5.41) is 0. The summed E-state index contributed by atoms with van der Waals surface area (Å²) in [5.41, 5.74) is 0. The number of allylic oxidation sites excluding steroid dienone is 22. The zero-order valence-electron chi connectivity index (χ0n) is 52.8. The zero-order chi connectivity index (χ0) is 58.5. The van der Waals surface area contributed by atoms with Gasteiger partial charge in [-0.2, -0.15) is 0 Å². The number of carbonyl (C=O) groups excluding carboxylic acids is 3. The van der Waals surface area contributed by atoms with Gasteiger partial charge in [-0.3, -0.25) is 14.4 Å². The van der Waals surface area contributed by atoms with Crippen LogP contribution in [0.5, 0.6) is 0 Å². The van der Waals surface area contributed by atoms with Gasteiger partial charge >= 0.3 is 17.9 Å². The van der Waals surface area contributed by atoms with E-state index in [1.54, 1.807) is 0 Å². The fourth-order valence-corrected chi connectivity index (χ4v) is 9.06. The van der Waals surface area contributed by atoms with Gasteiger partial charge in [-0.1, -0.05) is 283 Å². The van der Waals surface area contributed by atoms with Gasteiger partial charge in [-0.25, -0.2) is 0 Å². The van der Waals surface area contributed by atoms with E-state index in [2.05, 4.69) is 154 Å². The molecule has 0 saturated carbocycles. The van der Waals surface area contributed by atoms with Crippen molar-refractivity contribution in [3.8, 4) is 0 Å². The molecule has 460 valence electrons. The van der Waals surface area contributed by atoms with Gasteiger partial charge < -0.3 is 14.2 Å². The summed E-state index contributed by atoms with van der Waals surface area (Å²) < 4.78 is 16.9. The first kappa shape index (κ1) is 76.5. The number of rotatable bonds is 60. The van der Waals surface area contributed by atoms with Crippen LogP contribution in [0.25, 0.3) is 0 Å². The van der Waals surface area contributed by atoms with E-state index in [1.165, 1.54) is 116 Å². The van der Waals surface area contributed by atoms with Crippen molar-refractivity contribution in [2.24, 2.45) is 0 Å². The molecular weight excluding hydrogens is 997 g/mol. The van der Waals surface area contributed by atoms with E-state index >= 15 is 0 Å². The highest BCUT2D eigenvalue weighted by atomic mass is 16.6. The molecule has 6 heteroatoms. The number of hydrogen-bond donors (Lipinski definition) is 0. The highest BCUT2D eigenvalue weighted by Gasteiger charge is 2.19. The van der Waals surface area contributed by atoms with Crippen LogP contribution in [-0.2, 0) is 28.6 Å². The van der Waals surface area contributed by atoms with Gasteiger partial charge in [-0.05, 0) is 135 Å². The average molecular weight is 1120 g/mol. The minimum atomic E-state index is -0.796. The third kappa shape index (κ3) is 66.2. The SMILES string of the molecule is CC/C=C\C/C=C\C/C=C\C/C=C\C/C=C\C/C=C\C/C=C\CCCCCCCCCCCC(=O)OCC(COC(=O)CCCCCCC/C=C\C/C=C\CCCC)OC(=O)CCCCCCCCC/C=C\C/C=C\CCCCCC. The Hall–Kier alpha value is -4.45. The number of unbranched alkanes of at least 4 members (excludes halogenated alkanes) is 27. The van der Waals surface area contributed by atoms with Crippen LogP contribution in [-0.4, -0.2) is 37.2 Å². The van der Waals surface area contributed by atoms with Gasteiger partial charge in [-0.15, -0.1) is 0 Å². The van der Waals surface area contributed by atoms with E-state index < -0.39 is 6.10 Å². The molecule has 0 spiro atoms. The maximum absolute atomic E-state index is 12.9. The highest BCUT2D eigenvalue weighted by Crippen LogP contribution is 2.15. The van der Waals surface area contributed by atoms with E-state index in [9.17, 15) is 14.4 Å². The number of ether oxygens (including phenoxy) is 3. The van der Waals surface area contributed by atoms with Crippen molar-refractivity contribution in [2.75, 3.05) is 13.2 Å². The van der Waals surface area contributed by atoms with Crippen molar-refractivity contribution in [3.05, 3.63) is 134 Å². The van der Waals surface area contributed by atoms with Crippen LogP contribution in [0.2, 0.25) is 0 Å². The Bertz CT molecular complexity index is 1720. The predicted molar refractivity (Wildman–Crippen MR) is 353 cm³/mol. The van der Waals surface area contributed by atoms with Crippen LogP contribution in [0.4, 0.5) is 0 Å². The molecule has 81 heavy (non-hydrogen) atoms. The Morgan fingerprint density at radius 1 is 0.259 bits per heavy atom. The van der Waals surface area contributed by atoms with Gasteiger partial charge in [0.25, 0.3) is 0 Å². The third-order valence-corrected chi connectivity index (χ3v) is 14.1. The summed E-state index contributed by atoms with van der Waals surface area (Å²) >= 11 is 0. The molecule has 0 aromatic rings. The van der Waals surface area contributed by atoms with Gasteiger partial charge in [0, 0.05) is 19.3 Å². The van der Waals surface area contributed by atoms with Crippen molar-refractivity contribution in [3.63, 3.8) is 0 Å². The van der Waals surface area contributed by atoms with Gasteiger partial charge in [0.2, 0.25) is 0 Å². The average Bonchev–Trinajstić information content (AvgIpc) is 3.47. The molecule has 0 radical (unpaired) electrons. The van der Waals surface area contributed by atoms with Crippen molar-refractivity contribution in [1.82, 2.24) is 0 Å². The second kappa shape index (κ2) is 68.1. The molecule has 0 saturated heterocycles. The van der Waals surface area contributed by atoms with E-state index in [0.717, 1.165) is 148 Å². The zero-order valence-corrected chi connectivity index (χ0v) is 52.8. The first-order chi connectivity index (χ1) is 40.0. The number of esters is 3. The molecule has 0 heterocycles. The lowest BCUT2D eigenvalue weighted by molar-refractivity contribution is -0.167. The quantitative estimate of drug-likeness (QED) is 0.0261. The summed E-state index contributed by atoms with van der Waals surface area (Å²) in [6.07, 6.45) is 96.0. The van der Waals surface area contributed by atoms with E-state index in [0.29, 0.717) is 19.3 Å². The van der Waals surface area contributed by atoms with Crippen molar-refractivity contribution >= 4 is 17.9 Å². The van der Waals surface area contributed by atoms with Crippen LogP contribution in [0.15, 0.2) is 134 Å². The van der Waals surface area contributed by atoms with Crippen LogP contribution >= 0.6 is 0 Å². The normalized spacial score (nSPS) is 13.0. The lowest BCUT2D eigenvalue weighted by Crippen LogP contribution is -2.30. The van der Waals surface area contributed by atoms with Gasteiger partial charge in [0.1, 0.15) is 13.2 Å². The largest absolute Gasteiger partial charge is 0.462 e. The minimum Gasteiger partial charge on any atom is -0.462 e. The summed E-state index contributed by atoms with van der Waals surface area (Å²) in [5.74, 6) is -0.914. The number of carbonyl (C=O) groups is 3. The molecular formula is C75H124O6. The van der Waals surface area contributed by atoms with E-state index in [4.69, 9.17) is 14.2 Å². The van der Waals surface area contributed by atoms with Crippen molar-refractivity contribution in [2.45, 2.75) is 309 Å². The molecule has 1 unspecified atom stereocenters. The Kier molecular flexibility index (Phi) is 64.3. The monoisotopic (exact) mass is 1120 g/mol. The molecule has 0 bridgehead atoms. The topological polar surface area (TPSA) is 78.9 Å². The molecule has 0 rings (SSSR count). The fourth-order valence-electron chi connectivity index (χ4n) is 9.06. The van der Waals surface area contributed by atoms with Crippen molar-refractivity contribution in [1.29, 1.82) is 0 Å². The molecule has 0 aromatic heterocycles. The fraction of sp³-hybridized carbons (Fsp3) is 0.667. The Labute approximate surface area is 500 Å². The van der Waals surface area contributed by atoms with Gasteiger partial charge in [0.05, 0.1) is 0 Å². The summed E-state index contributed by atoms with van der Waals surface area (Å²) in [4.78, 5) is 38.4. The first-order valence-corrected chi connectivity index (χ1v) is 33.7. The summed E-state index contributed by atoms with van der Waals surface area (Å²) in [6, 6.07) is 0. The maximum atomic E-state index is 12.9. The molecule has 0 amide bonds. The van der Waals surface area contributed by atoms with Crippen LogP contribution in [0.1, 0.15) is 303 Å². The molecule has 0 N–H and O–H groups in total. The smallest absolute Gasteiger partial charge is 0.306 e. The highest BCUT2D eigenvalue weighted by molar-refractivity contribution is 5.71. The summed E-state index contributed by atoms with van der Waals surface area (Å²) in [6.45, 7) is 6.46. The van der Waals surface area contributed by atoms with Crippen LogP contribution < -0.4 is 0 Å². The Balaban J connectivity index is 4.33. The standard InChI is InChI=1S/C75H124O6/c1-4-7-10-13-16-19-22-25-28-30-32-33-34-35-36-37-38-39-40-41-42-43-44-46-47-50-53-56-59-62-65-68-74(77)80-71-72(70-79-73(76)67-64-61-58-55-52-49-27-24-21-18-15-12-9-6-3)81-75(78)69-66-63-60-57-54-51-48-45-31-29-26-23-20-17-14-11-8-5-2/h7,10,15-16,18-20,23-25,27-29,31-33,35-36,38-39,41-42,72H,4-6,8-9,11-14,17,21-22,26,30,34,37,40,43-71H2,1-3H3/b10-7-,18-15-,19-16-,23-20-,27-24-,28-25-,31-29-,33-32-,36-35-,39-38-,42-41-. The van der Waals surface area contributed by atoms with Crippen LogP contribution in [0.3, 0.4) is 0 Å². The van der Waals surface area contributed by atoms with E-state index in [-0.39, 0.29) is 31.1 Å². The second-order valence-electron chi connectivity index (χ2n) is 22.0. The summed E-state index contributed by atoms with van der Waals surface area (Å²) in [7, 11) is 0. The van der Waals surface area contributed by atoms with E-state index in [1.807, 2.05) is 0 Å². The third-order valence-electron chi connectivity index (χ3n) is 14.1. The Morgan fingerprint density at radius 3 is 0.790 bits per heavy atom. The number of hydrogen-bond acceptors (Lipinski definition) is 6. The molecule has 1 atom stereocenters. The predicted octanol–water partition coefficient (Wildman–Crippen LogP) is 23.3. The second-order valence-corrected chi connectivity index (χ2v) is 22.0. The molecule has 0 aliphatic carbocycles. The lowest BCUT2D eigenvalue weighted by atomic mass is 10.1. The molecule has 0 aromatic carbocycles. The molecule has 0 aliphatic rings. The van der Waals surface area contributed by atoms with Crippen molar-refractivity contribution < 1.29 is 28.6 Å². The lowest BCUT2D eigenvalue weighted by Gasteiger charge is -2.18. The molecule has 0 aliphatic heterocycles. The minimum absolute atomic E-state index is 0.0915. The first-order valence-electron chi connectivity index (χ1n) is 33.7. The Morgan fingerprint density at radius 2 is 0.494 bits per heavy atom. The maximum Gasteiger partial charge on any atom is 0.306 e. The van der Waals surface area contributed by atoms with Gasteiger partial charge in [0.15, 0.2) is 6.10 Å².